The Kier molecular flexibility index (Phi) is 4.24. The van der Waals surface area contributed by atoms with E-state index in [2.05, 4.69) is 0 Å². The quantitative estimate of drug-likeness (QED) is 0.917. The molecule has 0 bridgehead atoms. The van der Waals surface area contributed by atoms with E-state index in [1.54, 1.807) is 0 Å². The van der Waals surface area contributed by atoms with E-state index >= 15 is 0 Å². The minimum absolute atomic E-state index is 0.0393. The molecule has 0 unspecified atom stereocenters. The molecule has 0 aromatic heterocycles. The van der Waals surface area contributed by atoms with Crippen molar-refractivity contribution in [3.05, 3.63) is 29.6 Å². The van der Waals surface area contributed by atoms with Gasteiger partial charge in [-0.25, -0.2) is 21.6 Å². The van der Waals surface area contributed by atoms with E-state index < -0.39 is 44.3 Å². The molecule has 1 atom stereocenters. The number of nitrogens with zero attached hydrogens (tertiary/aromatic N) is 1. The molecule has 9 heteroatoms. The summed E-state index contributed by atoms with van der Waals surface area (Å²) in [5.41, 5.74) is 0. The molecule has 5 nitrogen and oxygen atoms in total. The summed E-state index contributed by atoms with van der Waals surface area (Å²) in [6.45, 7) is -0.406. The number of piperidine rings is 1. The molecule has 1 N–H and O–H groups in total. The van der Waals surface area contributed by atoms with Gasteiger partial charge >= 0.3 is 5.97 Å². The van der Waals surface area contributed by atoms with Gasteiger partial charge in [-0.3, -0.25) is 4.79 Å². The van der Waals surface area contributed by atoms with E-state index in [0.717, 1.165) is 0 Å². The highest BCUT2D eigenvalue weighted by Crippen LogP contribution is 2.27. The number of sulfonamides is 1. The van der Waals surface area contributed by atoms with Gasteiger partial charge in [-0.2, -0.15) is 4.31 Å². The Morgan fingerprint density at radius 3 is 2.33 bits per heavy atom. The molecule has 1 aromatic rings. The van der Waals surface area contributed by atoms with Crippen LogP contribution in [0.3, 0.4) is 0 Å². The van der Waals surface area contributed by atoms with Crippen LogP contribution in [0.5, 0.6) is 0 Å². The first-order valence-corrected chi connectivity index (χ1v) is 7.55. The molecule has 1 aromatic carbocycles. The zero-order chi connectivity index (χ0) is 15.8. The van der Waals surface area contributed by atoms with Crippen LogP contribution >= 0.6 is 0 Å². The van der Waals surface area contributed by atoms with Crippen LogP contribution < -0.4 is 0 Å². The fourth-order valence-electron chi connectivity index (χ4n) is 2.27. The SMILES string of the molecule is O=C(O)[C@H]1CCCN(S(=O)(=O)c2c(F)cc(F)cc2F)C1. The minimum atomic E-state index is -4.55. The molecule has 0 saturated carbocycles. The Bertz CT molecular complexity index is 654. The Morgan fingerprint density at radius 2 is 1.81 bits per heavy atom. The summed E-state index contributed by atoms with van der Waals surface area (Å²) in [5.74, 6) is -6.41. The van der Waals surface area contributed by atoms with Crippen LogP contribution in [0.4, 0.5) is 13.2 Å². The second-order valence-corrected chi connectivity index (χ2v) is 6.61. The maximum Gasteiger partial charge on any atom is 0.307 e. The number of carboxylic acids is 1. The van der Waals surface area contributed by atoms with Gasteiger partial charge in [-0.05, 0) is 12.8 Å². The molecule has 1 saturated heterocycles. The highest BCUT2D eigenvalue weighted by atomic mass is 32.2. The predicted molar refractivity (Wildman–Crippen MR) is 65.4 cm³/mol. The number of halogens is 3. The van der Waals surface area contributed by atoms with Crippen LogP contribution in [-0.2, 0) is 14.8 Å². The number of hydrogen-bond acceptors (Lipinski definition) is 3. The summed E-state index contributed by atoms with van der Waals surface area (Å²) in [6.07, 6.45) is 0.552. The van der Waals surface area contributed by atoms with Gasteiger partial charge in [-0.1, -0.05) is 0 Å². The zero-order valence-electron chi connectivity index (χ0n) is 10.7. The number of carbonyl (C=O) groups is 1. The Balaban J connectivity index is 2.41. The van der Waals surface area contributed by atoms with Gasteiger partial charge in [0.15, 0.2) is 4.90 Å². The molecule has 116 valence electrons. The maximum absolute atomic E-state index is 13.6. The fraction of sp³-hybridized carbons (Fsp3) is 0.417. The largest absolute Gasteiger partial charge is 0.481 e. The van der Waals surface area contributed by atoms with E-state index in [1.807, 2.05) is 0 Å². The first-order valence-electron chi connectivity index (χ1n) is 6.11. The number of carboxylic acid groups (broad SMARTS) is 1. The van der Waals surface area contributed by atoms with Crippen molar-refractivity contribution in [3.8, 4) is 0 Å². The molecular formula is C12H12F3NO4S. The molecule has 0 spiro atoms. The Hall–Kier alpha value is -1.61. The summed E-state index contributed by atoms with van der Waals surface area (Å²) in [7, 11) is -4.55. The first-order chi connectivity index (χ1) is 9.73. The van der Waals surface area contributed by atoms with Crippen molar-refractivity contribution in [1.82, 2.24) is 4.31 Å². The van der Waals surface area contributed by atoms with Crippen molar-refractivity contribution in [3.63, 3.8) is 0 Å². The van der Waals surface area contributed by atoms with E-state index in [1.165, 1.54) is 0 Å². The molecule has 1 fully saturated rings. The number of rotatable bonds is 3. The molecule has 0 radical (unpaired) electrons. The summed E-state index contributed by atoms with van der Waals surface area (Å²) in [6, 6.07) is 0.545. The third kappa shape index (κ3) is 3.03. The smallest absolute Gasteiger partial charge is 0.307 e. The molecule has 0 aliphatic carbocycles. The second kappa shape index (κ2) is 5.64. The van der Waals surface area contributed by atoms with Gasteiger partial charge in [0.25, 0.3) is 0 Å². The second-order valence-electron chi connectivity index (χ2n) is 4.74. The molecule has 1 aliphatic rings. The lowest BCUT2D eigenvalue weighted by Crippen LogP contribution is -2.42. The molecular weight excluding hydrogens is 311 g/mol. The third-order valence-corrected chi connectivity index (χ3v) is 5.21. The molecule has 1 aliphatic heterocycles. The summed E-state index contributed by atoms with van der Waals surface area (Å²) < 4.78 is 65.3. The van der Waals surface area contributed by atoms with Crippen LogP contribution in [0.1, 0.15) is 12.8 Å². The molecule has 0 amide bonds. The summed E-state index contributed by atoms with van der Waals surface area (Å²) in [4.78, 5) is 9.67. The lowest BCUT2D eigenvalue weighted by molar-refractivity contribution is -0.142. The standard InChI is InChI=1S/C12H12F3NO4S/c13-8-4-9(14)11(10(15)5-8)21(19,20)16-3-1-2-7(6-16)12(17)18/h4-5,7H,1-3,6H2,(H,17,18)/t7-/m0/s1. The number of hydrogen-bond donors (Lipinski definition) is 1. The van der Waals surface area contributed by atoms with Crippen molar-refractivity contribution in [2.75, 3.05) is 13.1 Å². The van der Waals surface area contributed by atoms with E-state index in [4.69, 9.17) is 5.11 Å². The Morgan fingerprint density at radius 1 is 1.24 bits per heavy atom. The van der Waals surface area contributed by atoms with E-state index in [0.29, 0.717) is 4.31 Å². The van der Waals surface area contributed by atoms with Crippen molar-refractivity contribution >= 4 is 16.0 Å². The zero-order valence-corrected chi connectivity index (χ0v) is 11.5. The van der Waals surface area contributed by atoms with Crippen LogP contribution in [-0.4, -0.2) is 36.9 Å². The molecule has 21 heavy (non-hydrogen) atoms. The van der Waals surface area contributed by atoms with Gasteiger partial charge in [-0.15, -0.1) is 0 Å². The monoisotopic (exact) mass is 323 g/mol. The van der Waals surface area contributed by atoms with Crippen LogP contribution in [0.2, 0.25) is 0 Å². The van der Waals surface area contributed by atoms with Gasteiger partial charge in [0, 0.05) is 25.2 Å². The van der Waals surface area contributed by atoms with Gasteiger partial charge in [0.05, 0.1) is 5.92 Å². The van der Waals surface area contributed by atoms with Gasteiger partial charge in [0.2, 0.25) is 10.0 Å². The van der Waals surface area contributed by atoms with Crippen molar-refractivity contribution in [2.45, 2.75) is 17.7 Å². The topological polar surface area (TPSA) is 74.7 Å². The third-order valence-electron chi connectivity index (χ3n) is 3.29. The summed E-state index contributed by atoms with van der Waals surface area (Å²) in [5, 5.41) is 8.92. The van der Waals surface area contributed by atoms with Crippen molar-refractivity contribution in [2.24, 2.45) is 5.92 Å². The van der Waals surface area contributed by atoms with Crippen molar-refractivity contribution < 1.29 is 31.5 Å². The maximum atomic E-state index is 13.6. The van der Waals surface area contributed by atoms with Gasteiger partial charge < -0.3 is 5.11 Å². The van der Waals surface area contributed by atoms with E-state index in [-0.39, 0.29) is 38.1 Å². The van der Waals surface area contributed by atoms with Crippen LogP contribution in [0, 0.1) is 23.4 Å². The fourth-order valence-corrected chi connectivity index (χ4v) is 3.88. The predicted octanol–water partition coefficient (Wildman–Crippen LogP) is 1.59. The van der Waals surface area contributed by atoms with E-state index in [9.17, 15) is 26.4 Å². The van der Waals surface area contributed by atoms with Crippen LogP contribution in [0.15, 0.2) is 17.0 Å². The average molecular weight is 323 g/mol. The minimum Gasteiger partial charge on any atom is -0.481 e. The summed E-state index contributed by atoms with van der Waals surface area (Å²) >= 11 is 0. The molecule has 2 rings (SSSR count). The highest BCUT2D eigenvalue weighted by molar-refractivity contribution is 7.89. The lowest BCUT2D eigenvalue weighted by atomic mass is 10.0. The van der Waals surface area contributed by atoms with Gasteiger partial charge in [0.1, 0.15) is 17.5 Å². The van der Waals surface area contributed by atoms with Crippen LogP contribution in [0.25, 0.3) is 0 Å². The highest BCUT2D eigenvalue weighted by Gasteiger charge is 2.36. The Labute approximate surface area is 119 Å². The van der Waals surface area contributed by atoms with Crippen molar-refractivity contribution in [1.29, 1.82) is 0 Å². The molecule has 1 heterocycles. The normalized spacial score (nSPS) is 20.4. The number of aliphatic carboxylic acids is 1. The number of benzene rings is 1. The average Bonchev–Trinajstić information content (AvgIpc) is 2.37. The lowest BCUT2D eigenvalue weighted by Gasteiger charge is -2.29. The first kappa shape index (κ1) is 15.8.